The van der Waals surface area contributed by atoms with Gasteiger partial charge in [-0.25, -0.2) is 4.39 Å². The summed E-state index contributed by atoms with van der Waals surface area (Å²) in [6.07, 6.45) is 1.67. The van der Waals surface area contributed by atoms with Crippen molar-refractivity contribution in [3.8, 4) is 11.1 Å². The van der Waals surface area contributed by atoms with E-state index in [9.17, 15) is 4.39 Å². The second-order valence-electron chi connectivity index (χ2n) is 3.63. The lowest BCUT2D eigenvalue weighted by molar-refractivity contribution is 0.385. The van der Waals surface area contributed by atoms with Gasteiger partial charge in [-0.3, -0.25) is 0 Å². The largest absolute Gasteiger partial charge is 0.380 e. The molecule has 0 aliphatic heterocycles. The maximum atomic E-state index is 13.1. The minimum absolute atomic E-state index is 0.291. The molecule has 0 atom stereocenters. The molecule has 0 aliphatic carbocycles. The summed E-state index contributed by atoms with van der Waals surface area (Å²) >= 11 is 0. The Labute approximate surface area is 93.1 Å². The Balaban J connectivity index is 2.50. The van der Waals surface area contributed by atoms with Crippen LogP contribution in [-0.4, -0.2) is 5.16 Å². The molecule has 2 rings (SSSR count). The van der Waals surface area contributed by atoms with Crippen molar-refractivity contribution in [2.24, 2.45) is 0 Å². The number of nitrogens with two attached hydrogens (primary N) is 1. The fraction of sp³-hybridized carbons (Fsp3) is 0.250. The van der Waals surface area contributed by atoms with Gasteiger partial charge in [0.2, 0.25) is 0 Å². The molecule has 0 saturated heterocycles. The number of halogens is 1. The molecule has 0 bridgehead atoms. The highest BCUT2D eigenvalue weighted by molar-refractivity contribution is 5.75. The Kier molecular flexibility index (Phi) is 2.90. The van der Waals surface area contributed by atoms with E-state index in [2.05, 4.69) is 5.16 Å². The lowest BCUT2D eigenvalue weighted by Gasteiger charge is -2.01. The topological polar surface area (TPSA) is 52.0 Å². The van der Waals surface area contributed by atoms with Gasteiger partial charge in [-0.15, -0.1) is 0 Å². The van der Waals surface area contributed by atoms with Crippen LogP contribution in [0.25, 0.3) is 11.1 Å². The highest BCUT2D eigenvalue weighted by Gasteiger charge is 2.15. The molecule has 2 N–H and O–H groups in total. The highest BCUT2D eigenvalue weighted by Crippen LogP contribution is 2.30. The number of nitrogens with zero attached hydrogens (tertiary/aromatic N) is 1. The molecule has 1 heterocycles. The third-order valence-corrected chi connectivity index (χ3v) is 2.38. The molecule has 84 valence electrons. The van der Waals surface area contributed by atoms with E-state index in [0.717, 1.165) is 12.8 Å². The summed E-state index contributed by atoms with van der Waals surface area (Å²) in [5, 5.41) is 3.72. The van der Waals surface area contributed by atoms with Gasteiger partial charge in [-0.1, -0.05) is 24.2 Å². The van der Waals surface area contributed by atoms with Crippen LogP contribution in [0, 0.1) is 5.82 Å². The van der Waals surface area contributed by atoms with Crippen LogP contribution in [0.4, 0.5) is 10.2 Å². The van der Waals surface area contributed by atoms with Gasteiger partial charge in [0.1, 0.15) is 11.6 Å². The molecule has 3 nitrogen and oxygen atoms in total. The summed E-state index contributed by atoms with van der Waals surface area (Å²) in [6, 6.07) is 6.27. The predicted molar refractivity (Wildman–Crippen MR) is 60.3 cm³/mol. The summed E-state index contributed by atoms with van der Waals surface area (Å²) in [5.41, 5.74) is 7.15. The van der Waals surface area contributed by atoms with Crippen molar-refractivity contribution in [3.05, 3.63) is 35.8 Å². The van der Waals surface area contributed by atoms with Gasteiger partial charge in [-0.05, 0) is 24.1 Å². The van der Waals surface area contributed by atoms with E-state index >= 15 is 0 Å². The average Bonchev–Trinajstić information content (AvgIpc) is 2.60. The average molecular weight is 220 g/mol. The first-order chi connectivity index (χ1) is 7.72. The van der Waals surface area contributed by atoms with Gasteiger partial charge in [-0.2, -0.15) is 0 Å². The van der Waals surface area contributed by atoms with Crippen LogP contribution >= 0.6 is 0 Å². The monoisotopic (exact) mass is 220 g/mol. The highest BCUT2D eigenvalue weighted by atomic mass is 19.1. The maximum Gasteiger partial charge on any atom is 0.175 e. The molecule has 0 saturated carbocycles. The minimum atomic E-state index is -0.291. The van der Waals surface area contributed by atoms with Crippen LogP contribution in [0.5, 0.6) is 0 Å². The van der Waals surface area contributed by atoms with E-state index in [4.69, 9.17) is 10.3 Å². The summed E-state index contributed by atoms with van der Waals surface area (Å²) < 4.78 is 18.2. The van der Waals surface area contributed by atoms with Gasteiger partial charge < -0.3 is 10.3 Å². The van der Waals surface area contributed by atoms with Crippen molar-refractivity contribution in [1.82, 2.24) is 5.16 Å². The minimum Gasteiger partial charge on any atom is -0.380 e. The zero-order chi connectivity index (χ0) is 11.5. The van der Waals surface area contributed by atoms with E-state index < -0.39 is 0 Å². The van der Waals surface area contributed by atoms with Crippen LogP contribution in [0.3, 0.4) is 0 Å². The van der Waals surface area contributed by atoms with Gasteiger partial charge in [0.15, 0.2) is 5.82 Å². The second-order valence-corrected chi connectivity index (χ2v) is 3.63. The van der Waals surface area contributed by atoms with Gasteiger partial charge in [0, 0.05) is 6.42 Å². The van der Waals surface area contributed by atoms with Crippen LogP contribution in [0.15, 0.2) is 28.8 Å². The number of hydrogen-bond acceptors (Lipinski definition) is 3. The molecule has 0 spiro atoms. The van der Waals surface area contributed by atoms with Crippen molar-refractivity contribution >= 4 is 5.82 Å². The quantitative estimate of drug-likeness (QED) is 0.865. The lowest BCUT2D eigenvalue weighted by atomic mass is 10.0. The van der Waals surface area contributed by atoms with Crippen molar-refractivity contribution in [2.75, 3.05) is 5.73 Å². The van der Waals surface area contributed by atoms with Crippen LogP contribution < -0.4 is 5.73 Å². The van der Waals surface area contributed by atoms with Crippen molar-refractivity contribution in [1.29, 1.82) is 0 Å². The fourth-order valence-electron chi connectivity index (χ4n) is 1.69. The van der Waals surface area contributed by atoms with Gasteiger partial charge in [0.05, 0.1) is 5.56 Å². The van der Waals surface area contributed by atoms with Crippen molar-refractivity contribution in [2.45, 2.75) is 19.8 Å². The van der Waals surface area contributed by atoms with E-state index in [1.807, 2.05) is 6.92 Å². The molecule has 1 aromatic carbocycles. The zero-order valence-corrected chi connectivity index (χ0v) is 9.03. The molecule has 0 unspecified atom stereocenters. The standard InChI is InChI=1S/C12H13FN2O/c1-2-4-10-11(12(14)15-16-10)8-5-3-6-9(13)7-8/h3,5-7H,2,4H2,1H3,(H2,14,15). The predicted octanol–water partition coefficient (Wildman–Crippen LogP) is 3.02. The molecule has 4 heteroatoms. The van der Waals surface area contributed by atoms with Crippen molar-refractivity contribution in [3.63, 3.8) is 0 Å². The molecule has 1 aromatic heterocycles. The first-order valence-electron chi connectivity index (χ1n) is 5.22. The smallest absolute Gasteiger partial charge is 0.175 e. The Morgan fingerprint density at radius 3 is 2.94 bits per heavy atom. The van der Waals surface area contributed by atoms with Crippen molar-refractivity contribution < 1.29 is 8.91 Å². The second kappa shape index (κ2) is 4.35. The number of aryl methyl sites for hydroxylation is 1. The van der Waals surface area contributed by atoms with Gasteiger partial charge >= 0.3 is 0 Å². The van der Waals surface area contributed by atoms with E-state index in [1.54, 1.807) is 12.1 Å². The number of benzene rings is 1. The molecule has 0 radical (unpaired) electrons. The number of nitrogen functional groups attached to an aromatic ring is 1. The van der Waals surface area contributed by atoms with Crippen LogP contribution in [-0.2, 0) is 6.42 Å². The maximum absolute atomic E-state index is 13.1. The Hall–Kier alpha value is -1.84. The summed E-state index contributed by atoms with van der Waals surface area (Å²) in [6.45, 7) is 2.04. The Morgan fingerprint density at radius 2 is 2.25 bits per heavy atom. The van der Waals surface area contributed by atoms with Gasteiger partial charge in [0.25, 0.3) is 0 Å². The number of rotatable bonds is 3. The Morgan fingerprint density at radius 1 is 1.44 bits per heavy atom. The number of hydrogen-bond donors (Lipinski definition) is 1. The Bertz CT molecular complexity index is 494. The van der Waals surface area contributed by atoms with E-state index in [-0.39, 0.29) is 5.82 Å². The molecular weight excluding hydrogens is 207 g/mol. The SMILES string of the molecule is CCCc1onc(N)c1-c1cccc(F)c1. The van der Waals surface area contributed by atoms with E-state index in [1.165, 1.54) is 12.1 Å². The molecule has 2 aromatic rings. The molecule has 16 heavy (non-hydrogen) atoms. The summed E-state index contributed by atoms with van der Waals surface area (Å²) in [4.78, 5) is 0. The van der Waals surface area contributed by atoms with Crippen LogP contribution in [0.2, 0.25) is 0 Å². The first-order valence-corrected chi connectivity index (χ1v) is 5.22. The molecular formula is C12H13FN2O. The number of anilines is 1. The molecule has 0 fully saturated rings. The summed E-state index contributed by atoms with van der Waals surface area (Å²) in [7, 11) is 0. The van der Waals surface area contributed by atoms with Crippen LogP contribution in [0.1, 0.15) is 19.1 Å². The number of aromatic nitrogens is 1. The molecule has 0 amide bonds. The first kappa shape index (κ1) is 10.7. The molecule has 0 aliphatic rings. The lowest BCUT2D eigenvalue weighted by Crippen LogP contribution is -1.91. The third-order valence-electron chi connectivity index (χ3n) is 2.38. The van der Waals surface area contributed by atoms with E-state index in [0.29, 0.717) is 22.7 Å². The third kappa shape index (κ3) is 1.91. The zero-order valence-electron chi connectivity index (χ0n) is 9.03. The normalized spacial score (nSPS) is 10.6. The summed E-state index contributed by atoms with van der Waals surface area (Å²) in [5.74, 6) is 0.736. The fourth-order valence-corrected chi connectivity index (χ4v) is 1.69.